The third kappa shape index (κ3) is 2.62. The van der Waals surface area contributed by atoms with Crippen LogP contribution in [0, 0.1) is 13.8 Å². The Balaban J connectivity index is 2.28. The predicted octanol–water partition coefficient (Wildman–Crippen LogP) is 2.24. The third-order valence-corrected chi connectivity index (χ3v) is 2.68. The van der Waals surface area contributed by atoms with Gasteiger partial charge < -0.3 is 14.8 Å². The molecule has 2 rings (SSSR count). The Hall–Kier alpha value is -2.63. The van der Waals surface area contributed by atoms with Gasteiger partial charge in [0.25, 0.3) is 5.91 Å². The molecule has 1 aromatic carbocycles. The lowest BCUT2D eigenvalue weighted by Crippen LogP contribution is -2.13. The Morgan fingerprint density at radius 3 is 2.63 bits per heavy atom. The fraction of sp³-hybridized carbons (Fsp3) is 0.154. The summed E-state index contributed by atoms with van der Waals surface area (Å²) in [7, 11) is 0. The van der Waals surface area contributed by atoms with Crippen molar-refractivity contribution in [1.29, 1.82) is 0 Å². The normalized spacial score (nSPS) is 10.2. The van der Waals surface area contributed by atoms with Gasteiger partial charge in [0.2, 0.25) is 5.76 Å². The molecule has 0 radical (unpaired) electrons. The maximum atomic E-state index is 11.9. The van der Waals surface area contributed by atoms with E-state index in [1.165, 1.54) is 18.5 Å². The molecule has 0 aliphatic heterocycles. The van der Waals surface area contributed by atoms with E-state index in [1.807, 2.05) is 0 Å². The van der Waals surface area contributed by atoms with Crippen molar-refractivity contribution in [3.63, 3.8) is 0 Å². The maximum absolute atomic E-state index is 11.9. The van der Waals surface area contributed by atoms with Crippen molar-refractivity contribution >= 4 is 17.6 Å². The summed E-state index contributed by atoms with van der Waals surface area (Å²) in [4.78, 5) is 26.7. The molecule has 0 fully saturated rings. The van der Waals surface area contributed by atoms with Crippen LogP contribution in [0.2, 0.25) is 0 Å². The Kier molecular flexibility index (Phi) is 3.33. The van der Waals surface area contributed by atoms with Crippen molar-refractivity contribution in [2.45, 2.75) is 13.8 Å². The number of anilines is 1. The summed E-state index contributed by atoms with van der Waals surface area (Å²) in [6.45, 7) is 3.42. The molecule has 0 atom stereocenters. The lowest BCUT2D eigenvalue weighted by atomic mass is 10.1. The second-order valence-electron chi connectivity index (χ2n) is 4.06. The lowest BCUT2D eigenvalue weighted by Gasteiger charge is -2.08. The van der Waals surface area contributed by atoms with E-state index in [1.54, 1.807) is 19.9 Å². The number of carbonyl (C=O) groups excluding carboxylic acids is 1. The summed E-state index contributed by atoms with van der Waals surface area (Å²) in [5.74, 6) is -1.40. The van der Waals surface area contributed by atoms with Crippen LogP contribution in [0.15, 0.2) is 29.0 Å². The van der Waals surface area contributed by atoms with Crippen LogP contribution in [-0.2, 0) is 0 Å². The monoisotopic (exact) mass is 260 g/mol. The summed E-state index contributed by atoms with van der Waals surface area (Å²) < 4.78 is 4.98. The highest BCUT2D eigenvalue weighted by Gasteiger charge is 2.15. The summed E-state index contributed by atoms with van der Waals surface area (Å²) in [6, 6.07) is 4.51. The van der Waals surface area contributed by atoms with Crippen molar-refractivity contribution in [2.24, 2.45) is 0 Å². The van der Waals surface area contributed by atoms with Gasteiger partial charge in [0.15, 0.2) is 6.39 Å². The van der Waals surface area contributed by atoms with Gasteiger partial charge in [-0.1, -0.05) is 6.07 Å². The number of aromatic nitrogens is 1. The van der Waals surface area contributed by atoms with E-state index in [-0.39, 0.29) is 11.3 Å². The van der Waals surface area contributed by atoms with E-state index >= 15 is 0 Å². The van der Waals surface area contributed by atoms with Gasteiger partial charge >= 0.3 is 5.97 Å². The van der Waals surface area contributed by atoms with Crippen molar-refractivity contribution in [2.75, 3.05) is 5.32 Å². The van der Waals surface area contributed by atoms with Crippen LogP contribution in [-0.4, -0.2) is 22.0 Å². The van der Waals surface area contributed by atoms with Crippen LogP contribution in [0.3, 0.4) is 0 Å². The maximum Gasteiger partial charge on any atom is 0.335 e. The highest BCUT2D eigenvalue weighted by atomic mass is 16.4. The second kappa shape index (κ2) is 4.93. The molecule has 1 amide bonds. The van der Waals surface area contributed by atoms with Crippen molar-refractivity contribution in [3.8, 4) is 0 Å². The number of aryl methyl sites for hydroxylation is 2. The number of benzene rings is 1. The van der Waals surface area contributed by atoms with Crippen LogP contribution in [0.25, 0.3) is 0 Å². The average Bonchev–Trinajstić information content (AvgIpc) is 2.78. The van der Waals surface area contributed by atoms with Crippen LogP contribution in [0.4, 0.5) is 5.69 Å². The zero-order valence-corrected chi connectivity index (χ0v) is 10.4. The largest absolute Gasteiger partial charge is 0.478 e. The van der Waals surface area contributed by atoms with E-state index in [4.69, 9.17) is 9.52 Å². The Labute approximate surface area is 109 Å². The summed E-state index contributed by atoms with van der Waals surface area (Å²) >= 11 is 0. The lowest BCUT2D eigenvalue weighted by molar-refractivity contribution is 0.0696. The van der Waals surface area contributed by atoms with E-state index in [0.29, 0.717) is 11.4 Å². The standard InChI is InChI=1S/C13H12N2O4/c1-7-3-4-9(13(17)18)5-10(7)15-12(16)11-8(2)14-6-19-11/h3-6H,1-2H3,(H,15,16)(H,17,18). The molecule has 0 saturated carbocycles. The molecule has 0 aliphatic rings. The topological polar surface area (TPSA) is 92.4 Å². The van der Waals surface area contributed by atoms with E-state index in [2.05, 4.69) is 10.3 Å². The number of carbonyl (C=O) groups is 2. The van der Waals surface area contributed by atoms with E-state index in [9.17, 15) is 9.59 Å². The fourth-order valence-corrected chi connectivity index (χ4v) is 1.59. The molecule has 0 aliphatic carbocycles. The molecule has 0 saturated heterocycles. The third-order valence-electron chi connectivity index (χ3n) is 2.68. The van der Waals surface area contributed by atoms with Crippen LogP contribution in [0.5, 0.6) is 0 Å². The van der Waals surface area contributed by atoms with Gasteiger partial charge in [0.05, 0.1) is 11.3 Å². The first kappa shape index (κ1) is 12.8. The molecule has 6 heteroatoms. The van der Waals surface area contributed by atoms with Gasteiger partial charge in [-0.3, -0.25) is 4.79 Å². The first-order chi connectivity index (χ1) is 8.99. The van der Waals surface area contributed by atoms with Crippen molar-refractivity contribution in [3.05, 3.63) is 47.2 Å². The van der Waals surface area contributed by atoms with Gasteiger partial charge in [-0.05, 0) is 31.5 Å². The number of amides is 1. The molecular weight excluding hydrogens is 248 g/mol. The fourth-order valence-electron chi connectivity index (χ4n) is 1.59. The number of aromatic carboxylic acids is 1. The minimum Gasteiger partial charge on any atom is -0.478 e. The van der Waals surface area contributed by atoms with Gasteiger partial charge in [0, 0.05) is 5.69 Å². The number of hydrogen-bond donors (Lipinski definition) is 2. The van der Waals surface area contributed by atoms with Crippen molar-refractivity contribution < 1.29 is 19.1 Å². The number of carboxylic acids is 1. The number of carboxylic acid groups (broad SMARTS) is 1. The minimum absolute atomic E-state index is 0.107. The van der Waals surface area contributed by atoms with Gasteiger partial charge in [-0.25, -0.2) is 9.78 Å². The second-order valence-corrected chi connectivity index (χ2v) is 4.06. The summed E-state index contributed by atoms with van der Waals surface area (Å²) in [5, 5.41) is 11.5. The zero-order chi connectivity index (χ0) is 14.0. The molecular formula is C13H12N2O4. The molecule has 0 spiro atoms. The van der Waals surface area contributed by atoms with E-state index < -0.39 is 11.9 Å². The van der Waals surface area contributed by atoms with Crippen molar-refractivity contribution in [1.82, 2.24) is 4.98 Å². The van der Waals surface area contributed by atoms with Gasteiger partial charge in [0.1, 0.15) is 0 Å². The van der Waals surface area contributed by atoms with Crippen LogP contribution in [0.1, 0.15) is 32.2 Å². The highest BCUT2D eigenvalue weighted by Crippen LogP contribution is 2.18. The van der Waals surface area contributed by atoms with Gasteiger partial charge in [-0.2, -0.15) is 0 Å². The molecule has 1 aromatic heterocycles. The van der Waals surface area contributed by atoms with Crippen LogP contribution < -0.4 is 5.32 Å². The first-order valence-electron chi connectivity index (χ1n) is 5.54. The minimum atomic E-state index is -1.05. The Bertz CT molecular complexity index is 646. The van der Waals surface area contributed by atoms with Crippen LogP contribution >= 0.6 is 0 Å². The molecule has 2 aromatic rings. The number of nitrogens with one attached hydrogen (secondary N) is 1. The highest BCUT2D eigenvalue weighted by molar-refractivity contribution is 6.04. The van der Waals surface area contributed by atoms with Gasteiger partial charge in [-0.15, -0.1) is 0 Å². The molecule has 2 N–H and O–H groups in total. The summed E-state index contributed by atoms with van der Waals surface area (Å²) in [5.41, 5.74) is 1.77. The average molecular weight is 260 g/mol. The smallest absolute Gasteiger partial charge is 0.335 e. The predicted molar refractivity (Wildman–Crippen MR) is 67.3 cm³/mol. The number of rotatable bonds is 3. The quantitative estimate of drug-likeness (QED) is 0.882. The zero-order valence-electron chi connectivity index (χ0n) is 10.4. The Morgan fingerprint density at radius 1 is 1.32 bits per heavy atom. The molecule has 0 bridgehead atoms. The summed E-state index contributed by atoms with van der Waals surface area (Å²) in [6.07, 6.45) is 1.19. The molecule has 19 heavy (non-hydrogen) atoms. The number of nitrogens with zero attached hydrogens (tertiary/aromatic N) is 1. The molecule has 0 unspecified atom stereocenters. The SMILES string of the molecule is Cc1ccc(C(=O)O)cc1NC(=O)c1ocnc1C. The first-order valence-corrected chi connectivity index (χ1v) is 5.54. The van der Waals surface area contributed by atoms with E-state index in [0.717, 1.165) is 5.56 Å². The number of oxazole rings is 1. The molecule has 6 nitrogen and oxygen atoms in total. The number of hydrogen-bond acceptors (Lipinski definition) is 4. The molecule has 1 heterocycles. The Morgan fingerprint density at radius 2 is 2.05 bits per heavy atom. The molecule has 98 valence electrons.